The van der Waals surface area contributed by atoms with Crippen molar-refractivity contribution in [1.82, 2.24) is 34.2 Å². The normalized spacial score (nSPS) is 25.7. The van der Waals surface area contributed by atoms with Gasteiger partial charge in [-0.1, -0.05) is 0 Å². The van der Waals surface area contributed by atoms with Gasteiger partial charge < -0.3 is 69.5 Å². The molecule has 2 fully saturated rings. The van der Waals surface area contributed by atoms with Crippen molar-refractivity contribution in [2.45, 2.75) is 62.2 Å². The summed E-state index contributed by atoms with van der Waals surface area (Å²) in [4.78, 5) is 84.0. The molecule has 3 aromatic rings. The SMILES string of the molecule is CO[C@@H]1[C@H](OP(=O)(NCCCC(C(=O)[O-])C(=O)[O-])OC[C@@H]2C[C@@H](O)[C@H](n3ccc(N)nc3=O)O2)[C@@H](COP(=O)([O-])[O-])O[C@H]1n1cnc2c(=O)[nH]c(N)nc21. The third kappa shape index (κ3) is 9.55. The third-order valence-electron chi connectivity index (χ3n) is 8.21. The first kappa shape index (κ1) is 41.0. The molecule has 0 spiro atoms. The molecule has 0 aliphatic carbocycles. The Labute approximate surface area is 302 Å². The molecule has 0 aromatic carbocycles. The minimum Gasteiger partial charge on any atom is -0.790 e. The predicted octanol–water partition coefficient (Wildman–Crippen LogP) is -6.06. The fraction of sp³-hybridized carbons (Fsp3) is 0.577. The van der Waals surface area contributed by atoms with Crippen LogP contribution in [0.2, 0.25) is 0 Å². The first-order valence-electron chi connectivity index (χ1n) is 15.7. The van der Waals surface area contributed by atoms with Crippen LogP contribution in [0.3, 0.4) is 0 Å². The molecule has 28 heteroatoms. The molecule has 2 aliphatic rings. The number of nitrogens with one attached hydrogen (secondary N) is 2. The van der Waals surface area contributed by atoms with Gasteiger partial charge in [0.2, 0.25) is 5.95 Å². The van der Waals surface area contributed by atoms with Crippen LogP contribution in [0.1, 0.15) is 31.7 Å². The number of carboxylic acid groups (broad SMARTS) is 2. The number of carbonyl (C=O) groups excluding carboxylic acids is 2. The number of aromatic amines is 1. The van der Waals surface area contributed by atoms with Crippen LogP contribution in [-0.2, 0) is 46.5 Å². The van der Waals surface area contributed by atoms with Gasteiger partial charge in [-0.25, -0.2) is 19.4 Å². The molecule has 0 bridgehead atoms. The van der Waals surface area contributed by atoms with Crippen LogP contribution in [0, 0.1) is 5.92 Å². The molecular formula is C26H33N9O17P2-4. The van der Waals surface area contributed by atoms with E-state index in [0.717, 1.165) is 18.0 Å². The van der Waals surface area contributed by atoms with E-state index in [1.807, 2.05) is 0 Å². The second-order valence-corrected chi connectivity index (χ2v) is 14.8. The van der Waals surface area contributed by atoms with Crippen LogP contribution in [0.4, 0.5) is 11.8 Å². The Bertz CT molecular complexity index is 2040. The van der Waals surface area contributed by atoms with Crippen LogP contribution in [-0.4, -0.2) is 104 Å². The molecule has 54 heavy (non-hydrogen) atoms. The number of carbonyl (C=O) groups is 2. The lowest BCUT2D eigenvalue weighted by Gasteiger charge is -2.32. The van der Waals surface area contributed by atoms with Gasteiger partial charge in [-0.3, -0.25) is 28.0 Å². The van der Waals surface area contributed by atoms with E-state index in [1.54, 1.807) is 0 Å². The van der Waals surface area contributed by atoms with E-state index in [4.69, 9.17) is 34.7 Å². The van der Waals surface area contributed by atoms with E-state index in [1.165, 1.54) is 16.8 Å². The molecule has 0 saturated carbocycles. The smallest absolute Gasteiger partial charge is 0.406 e. The number of imidazole rings is 1. The number of phosphoric acid groups is 1. The van der Waals surface area contributed by atoms with Crippen molar-refractivity contribution in [2.24, 2.45) is 5.92 Å². The molecule has 0 radical (unpaired) electrons. The number of aliphatic hydroxyl groups is 1. The van der Waals surface area contributed by atoms with Gasteiger partial charge in [0.15, 0.2) is 23.6 Å². The molecule has 8 atom stereocenters. The quantitative estimate of drug-likeness (QED) is 0.0453. The van der Waals surface area contributed by atoms with Crippen LogP contribution in [0.5, 0.6) is 0 Å². The van der Waals surface area contributed by atoms with Gasteiger partial charge >= 0.3 is 13.4 Å². The molecule has 5 rings (SSSR count). The highest BCUT2D eigenvalue weighted by Crippen LogP contribution is 2.50. The molecule has 298 valence electrons. The highest BCUT2D eigenvalue weighted by atomic mass is 31.2. The van der Waals surface area contributed by atoms with E-state index in [0.29, 0.717) is 0 Å². The number of rotatable bonds is 18. The third-order valence-corrected chi connectivity index (χ3v) is 10.3. The Balaban J connectivity index is 1.42. The fourth-order valence-corrected chi connectivity index (χ4v) is 7.68. The Morgan fingerprint density at radius 2 is 1.81 bits per heavy atom. The number of H-pyrrole nitrogens is 1. The molecular weight excluding hydrogens is 772 g/mol. The number of nitrogen functional groups attached to an aromatic ring is 2. The lowest BCUT2D eigenvalue weighted by atomic mass is 10.0. The summed E-state index contributed by atoms with van der Waals surface area (Å²) in [5.74, 6) is -6.27. The molecule has 2 saturated heterocycles. The van der Waals surface area contributed by atoms with Crippen LogP contribution in [0.25, 0.3) is 11.2 Å². The topological polar surface area (TPSA) is 399 Å². The summed E-state index contributed by atoms with van der Waals surface area (Å²) in [6.07, 6.45) is -8.30. The fourth-order valence-electron chi connectivity index (χ4n) is 5.75. The molecule has 2 aliphatic heterocycles. The van der Waals surface area contributed by atoms with Crippen molar-refractivity contribution in [3.05, 3.63) is 39.4 Å². The number of ether oxygens (including phenoxy) is 3. The number of methoxy groups -OCH3 is 1. The second-order valence-electron chi connectivity index (χ2n) is 11.9. The van der Waals surface area contributed by atoms with Crippen LogP contribution >= 0.6 is 15.6 Å². The van der Waals surface area contributed by atoms with E-state index >= 15 is 0 Å². The Morgan fingerprint density at radius 1 is 1.09 bits per heavy atom. The number of hydrogen-bond acceptors (Lipinski definition) is 22. The molecule has 0 amide bonds. The van der Waals surface area contributed by atoms with Crippen molar-refractivity contribution in [2.75, 3.05) is 38.3 Å². The minimum atomic E-state index is -5.64. The number of nitrogens with two attached hydrogens (primary N) is 2. The predicted molar refractivity (Wildman–Crippen MR) is 167 cm³/mol. The zero-order valence-corrected chi connectivity index (χ0v) is 29.6. The number of phosphoric ester groups is 1. The first-order valence-corrected chi connectivity index (χ1v) is 18.7. The highest BCUT2D eigenvalue weighted by Gasteiger charge is 2.51. The average molecular weight is 806 g/mol. The zero-order valence-electron chi connectivity index (χ0n) is 27.9. The average Bonchev–Trinajstić information content (AvgIpc) is 3.76. The van der Waals surface area contributed by atoms with Gasteiger partial charge in [-0.2, -0.15) is 9.97 Å². The lowest BCUT2D eigenvalue weighted by molar-refractivity contribution is -0.343. The lowest BCUT2D eigenvalue weighted by Crippen LogP contribution is -2.43. The van der Waals surface area contributed by atoms with E-state index in [2.05, 4.69) is 29.5 Å². The number of carboxylic acids is 2. The molecule has 3 aromatic heterocycles. The highest BCUT2D eigenvalue weighted by molar-refractivity contribution is 7.51. The standard InChI is InChI=1S/C26H37N9O17P2/c1-47-18-17(14(9-49-54(44,45)46)51-22(18)35-10-29-16-19(35)32-25(28)33-20(16)37)52-53(43,30-5-2-3-12(23(38)39)24(40)41)48-8-11-7-13(36)21(50-11)34-6-4-15(27)31-26(34)42/h4,6,10-14,17-18,21-22,36H,2-3,5,7-9H2,1H3,(H,30,43)(H,38,39)(H,40,41)(H2,27,31,42)(H2,44,45,46)(H3,28,32,33,37)/p-4/t11-,13+,14+,17+,18+,21+,22+,53?/m0/s1. The van der Waals surface area contributed by atoms with Crippen molar-refractivity contribution < 1.29 is 71.6 Å². The molecule has 1 unspecified atom stereocenters. The molecule has 26 nitrogen and oxygen atoms in total. The summed E-state index contributed by atoms with van der Waals surface area (Å²) < 4.78 is 61.3. The summed E-state index contributed by atoms with van der Waals surface area (Å²) in [5, 5.41) is 35.5. The summed E-state index contributed by atoms with van der Waals surface area (Å²) in [7, 11) is -9.25. The Hall–Kier alpha value is -4.17. The van der Waals surface area contributed by atoms with Gasteiger partial charge in [0.25, 0.3) is 5.56 Å². The summed E-state index contributed by atoms with van der Waals surface area (Å²) >= 11 is 0. The van der Waals surface area contributed by atoms with Gasteiger partial charge in [0.05, 0.1) is 45.4 Å². The van der Waals surface area contributed by atoms with E-state index < -0.39 is 114 Å². The number of fused-ring (bicyclic) bond motifs is 1. The Kier molecular flexibility index (Phi) is 12.7. The van der Waals surface area contributed by atoms with Crippen molar-refractivity contribution in [3.8, 4) is 0 Å². The summed E-state index contributed by atoms with van der Waals surface area (Å²) in [5.41, 5.74) is 9.34. The zero-order chi connectivity index (χ0) is 39.5. The van der Waals surface area contributed by atoms with Gasteiger partial charge in [-0.15, -0.1) is 0 Å². The van der Waals surface area contributed by atoms with Gasteiger partial charge in [-0.05, 0) is 18.9 Å². The maximum absolute atomic E-state index is 14.4. The number of aliphatic carboxylic acids is 2. The first-order chi connectivity index (χ1) is 25.4. The maximum Gasteiger partial charge on any atom is 0.406 e. The molecule has 5 heterocycles. The molecule has 7 N–H and O–H groups in total. The van der Waals surface area contributed by atoms with E-state index in [9.17, 15) is 53.4 Å². The largest absolute Gasteiger partial charge is 0.790 e. The number of hydrogen-bond donors (Lipinski definition) is 5. The summed E-state index contributed by atoms with van der Waals surface area (Å²) in [6, 6.07) is 1.29. The number of aromatic nitrogens is 6. The van der Waals surface area contributed by atoms with Crippen LogP contribution < -0.4 is 47.8 Å². The van der Waals surface area contributed by atoms with Crippen molar-refractivity contribution in [3.63, 3.8) is 0 Å². The number of anilines is 2. The minimum absolute atomic E-state index is 0.0851. The number of aliphatic hydroxyl groups excluding tert-OH is 1. The summed E-state index contributed by atoms with van der Waals surface area (Å²) in [6.45, 7) is -2.06. The monoisotopic (exact) mass is 805 g/mol. The van der Waals surface area contributed by atoms with Crippen LogP contribution in [0.15, 0.2) is 28.2 Å². The van der Waals surface area contributed by atoms with Crippen molar-refractivity contribution >= 4 is 50.4 Å². The Morgan fingerprint density at radius 3 is 2.46 bits per heavy atom. The second kappa shape index (κ2) is 16.7. The van der Waals surface area contributed by atoms with Gasteiger partial charge in [0.1, 0.15) is 30.2 Å². The number of nitrogens with zero attached hydrogens (tertiary/aromatic N) is 5. The van der Waals surface area contributed by atoms with E-state index in [-0.39, 0.29) is 35.8 Å². The maximum atomic E-state index is 14.4. The van der Waals surface area contributed by atoms with Gasteiger partial charge in [0, 0.05) is 32.2 Å². The van der Waals surface area contributed by atoms with Crippen molar-refractivity contribution in [1.29, 1.82) is 0 Å².